The van der Waals surface area contributed by atoms with Crippen LogP contribution >= 0.6 is 0 Å². The zero-order chi connectivity index (χ0) is 13.9. The number of hydrogen-bond donors (Lipinski definition) is 3. The highest BCUT2D eigenvalue weighted by molar-refractivity contribution is 5.93. The molecule has 0 fully saturated rings. The molecule has 0 radical (unpaired) electrons. The number of nitrogen functional groups attached to an aromatic ring is 1. The second-order valence-electron chi connectivity index (χ2n) is 4.41. The fraction of sp³-hybridized carbons (Fsp3) is 0.333. The molecule has 1 amide bonds. The highest BCUT2D eigenvalue weighted by atomic mass is 16.5. The maximum absolute atomic E-state index is 11.4. The monoisotopic (exact) mass is 251 g/mol. The standard InChI is InChI=1S/C12H17N3O3/c1-12(2,11(14)17)15-9-6-7(10(16)18-3)4-5-8(9)13/h4-6,15H,13H2,1-3H3,(H2,14,17). The van der Waals surface area contributed by atoms with Crippen molar-refractivity contribution in [3.8, 4) is 0 Å². The van der Waals surface area contributed by atoms with Gasteiger partial charge in [0, 0.05) is 0 Å². The molecular formula is C12H17N3O3. The van der Waals surface area contributed by atoms with E-state index in [9.17, 15) is 9.59 Å². The summed E-state index contributed by atoms with van der Waals surface area (Å²) in [6, 6.07) is 4.63. The molecule has 0 aliphatic rings. The number of anilines is 2. The van der Waals surface area contributed by atoms with Gasteiger partial charge in [-0.25, -0.2) is 4.79 Å². The van der Waals surface area contributed by atoms with Gasteiger partial charge in [0.15, 0.2) is 0 Å². The summed E-state index contributed by atoms with van der Waals surface area (Å²) in [7, 11) is 1.29. The number of hydrogen-bond acceptors (Lipinski definition) is 5. The Hall–Kier alpha value is -2.24. The molecule has 0 bridgehead atoms. The summed E-state index contributed by atoms with van der Waals surface area (Å²) in [4.78, 5) is 22.6. The summed E-state index contributed by atoms with van der Waals surface area (Å²) in [6.07, 6.45) is 0. The number of esters is 1. The minimum absolute atomic E-state index is 0.342. The van der Waals surface area contributed by atoms with E-state index >= 15 is 0 Å². The van der Waals surface area contributed by atoms with Gasteiger partial charge in [0.05, 0.1) is 24.0 Å². The van der Waals surface area contributed by atoms with E-state index in [0.29, 0.717) is 16.9 Å². The summed E-state index contributed by atoms with van der Waals surface area (Å²) in [6.45, 7) is 3.25. The van der Waals surface area contributed by atoms with Crippen LogP contribution in [-0.4, -0.2) is 24.5 Å². The predicted octanol–water partition coefficient (Wildman–Crippen LogP) is 0.731. The molecule has 6 heteroatoms. The summed E-state index contributed by atoms with van der Waals surface area (Å²) < 4.78 is 4.61. The van der Waals surface area contributed by atoms with Crippen molar-refractivity contribution in [2.24, 2.45) is 5.73 Å². The number of benzene rings is 1. The fourth-order valence-corrected chi connectivity index (χ4v) is 1.31. The zero-order valence-corrected chi connectivity index (χ0v) is 10.6. The van der Waals surface area contributed by atoms with Crippen molar-refractivity contribution in [3.63, 3.8) is 0 Å². The van der Waals surface area contributed by atoms with Crippen LogP contribution in [0.2, 0.25) is 0 Å². The summed E-state index contributed by atoms with van der Waals surface area (Å²) in [5, 5.41) is 2.90. The third-order valence-corrected chi connectivity index (χ3v) is 2.54. The number of ether oxygens (including phenoxy) is 1. The first-order valence-corrected chi connectivity index (χ1v) is 5.34. The van der Waals surface area contributed by atoms with Gasteiger partial charge in [0.1, 0.15) is 5.54 Å². The Kier molecular flexibility index (Phi) is 3.80. The van der Waals surface area contributed by atoms with E-state index in [1.54, 1.807) is 26.0 Å². The fourth-order valence-electron chi connectivity index (χ4n) is 1.31. The lowest BCUT2D eigenvalue weighted by Crippen LogP contribution is -2.45. The quantitative estimate of drug-likeness (QED) is 0.540. The lowest BCUT2D eigenvalue weighted by Gasteiger charge is -2.24. The Morgan fingerprint density at radius 1 is 1.33 bits per heavy atom. The van der Waals surface area contributed by atoms with Gasteiger partial charge in [-0.2, -0.15) is 0 Å². The van der Waals surface area contributed by atoms with E-state index in [-0.39, 0.29) is 0 Å². The van der Waals surface area contributed by atoms with Gasteiger partial charge in [-0.15, -0.1) is 0 Å². The van der Waals surface area contributed by atoms with Crippen molar-refractivity contribution < 1.29 is 14.3 Å². The molecular weight excluding hydrogens is 234 g/mol. The van der Waals surface area contributed by atoms with Crippen LogP contribution < -0.4 is 16.8 Å². The van der Waals surface area contributed by atoms with E-state index in [2.05, 4.69) is 10.1 Å². The molecule has 0 heterocycles. The number of nitrogens with one attached hydrogen (secondary N) is 1. The lowest BCUT2D eigenvalue weighted by molar-refractivity contribution is -0.121. The topological polar surface area (TPSA) is 107 Å². The van der Waals surface area contributed by atoms with Gasteiger partial charge in [-0.3, -0.25) is 4.79 Å². The Bertz CT molecular complexity index is 483. The first kappa shape index (κ1) is 13.8. The first-order valence-electron chi connectivity index (χ1n) is 5.34. The first-order chi connectivity index (χ1) is 8.27. The molecule has 98 valence electrons. The largest absolute Gasteiger partial charge is 0.465 e. The number of carbonyl (C=O) groups is 2. The second-order valence-corrected chi connectivity index (χ2v) is 4.41. The molecule has 1 aromatic carbocycles. The number of methoxy groups -OCH3 is 1. The highest BCUT2D eigenvalue weighted by Gasteiger charge is 2.25. The molecule has 18 heavy (non-hydrogen) atoms. The van der Waals surface area contributed by atoms with Crippen LogP contribution in [0.25, 0.3) is 0 Å². The van der Waals surface area contributed by atoms with Crippen LogP contribution in [0.5, 0.6) is 0 Å². The molecule has 0 aliphatic carbocycles. The van der Waals surface area contributed by atoms with Crippen molar-refractivity contribution in [2.45, 2.75) is 19.4 Å². The molecule has 6 nitrogen and oxygen atoms in total. The molecule has 0 saturated carbocycles. The molecule has 0 aliphatic heterocycles. The van der Waals surface area contributed by atoms with E-state index in [1.807, 2.05) is 0 Å². The van der Waals surface area contributed by atoms with Crippen LogP contribution in [-0.2, 0) is 9.53 Å². The minimum Gasteiger partial charge on any atom is -0.465 e. The molecule has 1 aromatic rings. The maximum Gasteiger partial charge on any atom is 0.337 e. The summed E-state index contributed by atoms with van der Waals surface area (Å²) in [5.74, 6) is -1.000. The van der Waals surface area contributed by atoms with Gasteiger partial charge >= 0.3 is 5.97 Å². The average Bonchev–Trinajstić information content (AvgIpc) is 2.30. The highest BCUT2D eigenvalue weighted by Crippen LogP contribution is 2.24. The molecule has 0 aromatic heterocycles. The lowest BCUT2D eigenvalue weighted by atomic mass is 10.0. The van der Waals surface area contributed by atoms with Gasteiger partial charge < -0.3 is 21.5 Å². The molecule has 1 rings (SSSR count). The van der Waals surface area contributed by atoms with Crippen molar-refractivity contribution in [2.75, 3.05) is 18.2 Å². The zero-order valence-electron chi connectivity index (χ0n) is 10.6. The Balaban J connectivity index is 3.09. The van der Waals surface area contributed by atoms with Gasteiger partial charge in [-0.05, 0) is 32.0 Å². The molecule has 0 spiro atoms. The van der Waals surface area contributed by atoms with Crippen molar-refractivity contribution >= 4 is 23.3 Å². The third kappa shape index (κ3) is 2.91. The van der Waals surface area contributed by atoms with E-state index in [1.165, 1.54) is 13.2 Å². The van der Waals surface area contributed by atoms with Crippen LogP contribution in [0.4, 0.5) is 11.4 Å². The van der Waals surface area contributed by atoms with E-state index in [4.69, 9.17) is 11.5 Å². The molecule has 5 N–H and O–H groups in total. The predicted molar refractivity (Wildman–Crippen MR) is 69.1 cm³/mol. The number of nitrogens with two attached hydrogens (primary N) is 2. The van der Waals surface area contributed by atoms with Crippen LogP contribution in [0.1, 0.15) is 24.2 Å². The van der Waals surface area contributed by atoms with Crippen LogP contribution in [0, 0.1) is 0 Å². The SMILES string of the molecule is COC(=O)c1ccc(N)c(NC(C)(C)C(N)=O)c1. The smallest absolute Gasteiger partial charge is 0.337 e. The number of amides is 1. The van der Waals surface area contributed by atoms with E-state index in [0.717, 1.165) is 0 Å². The number of rotatable bonds is 4. The van der Waals surface area contributed by atoms with Gasteiger partial charge in [0.2, 0.25) is 5.91 Å². The van der Waals surface area contributed by atoms with Crippen molar-refractivity contribution in [1.82, 2.24) is 0 Å². The summed E-state index contributed by atoms with van der Waals surface area (Å²) >= 11 is 0. The van der Waals surface area contributed by atoms with Gasteiger partial charge in [-0.1, -0.05) is 0 Å². The minimum atomic E-state index is -0.969. The summed E-state index contributed by atoms with van der Waals surface area (Å²) in [5.41, 5.74) is 11.3. The Morgan fingerprint density at radius 2 is 1.94 bits per heavy atom. The maximum atomic E-state index is 11.4. The van der Waals surface area contributed by atoms with Crippen molar-refractivity contribution in [3.05, 3.63) is 23.8 Å². The Labute approximate surface area is 105 Å². The molecule has 0 saturated heterocycles. The van der Waals surface area contributed by atoms with Crippen molar-refractivity contribution in [1.29, 1.82) is 0 Å². The van der Waals surface area contributed by atoms with E-state index < -0.39 is 17.4 Å². The molecule has 0 unspecified atom stereocenters. The van der Waals surface area contributed by atoms with Gasteiger partial charge in [0.25, 0.3) is 0 Å². The second kappa shape index (κ2) is 4.95. The van der Waals surface area contributed by atoms with Crippen LogP contribution in [0.15, 0.2) is 18.2 Å². The molecule has 0 atom stereocenters. The average molecular weight is 251 g/mol. The number of primary amides is 1. The van der Waals surface area contributed by atoms with Crippen LogP contribution in [0.3, 0.4) is 0 Å². The Morgan fingerprint density at radius 3 is 2.44 bits per heavy atom. The number of carbonyl (C=O) groups excluding carboxylic acids is 2. The normalized spacial score (nSPS) is 10.8. The third-order valence-electron chi connectivity index (χ3n) is 2.54.